The molecule has 1 aromatic carbocycles. The second-order valence-electron chi connectivity index (χ2n) is 13.4. The number of benzene rings is 1. The first-order valence-corrected chi connectivity index (χ1v) is 15.6. The zero-order valence-corrected chi connectivity index (χ0v) is 25.4. The van der Waals surface area contributed by atoms with Gasteiger partial charge in [-0.3, -0.25) is 14.4 Å². The van der Waals surface area contributed by atoms with E-state index >= 15 is 0 Å². The highest BCUT2D eigenvalue weighted by molar-refractivity contribution is 5.90. The lowest BCUT2D eigenvalue weighted by Crippen LogP contribution is -2.62. The Kier molecular flexibility index (Phi) is 10.4. The van der Waals surface area contributed by atoms with Gasteiger partial charge in [-0.1, -0.05) is 38.3 Å². The summed E-state index contributed by atoms with van der Waals surface area (Å²) in [5.41, 5.74) is -0.0211. The normalized spacial score (nSPS) is 24.4. The number of rotatable bonds is 8. The van der Waals surface area contributed by atoms with Gasteiger partial charge in [0.25, 0.3) is 0 Å². The molecule has 3 atom stereocenters. The van der Waals surface area contributed by atoms with Crippen molar-refractivity contribution in [3.05, 3.63) is 35.6 Å². The monoisotopic (exact) mass is 571 g/mol. The molecule has 0 bridgehead atoms. The minimum absolute atomic E-state index is 0.112. The van der Waals surface area contributed by atoms with Crippen LogP contribution in [-0.2, 0) is 20.8 Å². The molecule has 1 saturated carbocycles. The molecule has 1 aliphatic carbocycles. The zero-order valence-electron chi connectivity index (χ0n) is 25.4. The summed E-state index contributed by atoms with van der Waals surface area (Å²) < 4.78 is 13.6. The van der Waals surface area contributed by atoms with E-state index in [1.54, 1.807) is 12.1 Å². The molecule has 3 aliphatic rings. The number of nitrogens with zero attached hydrogens (tertiary/aromatic N) is 1. The van der Waals surface area contributed by atoms with E-state index in [-0.39, 0.29) is 35.5 Å². The maximum absolute atomic E-state index is 14.0. The SMILES string of the molecule is CC[C@@H]1CN[C@H](C(=O)N[C@H](Cc2ccc(F)cc2)C(=O)N2CCC(C(=O)NC(C)(C)C)(C3CCCCC3)CC2)CN1. The van der Waals surface area contributed by atoms with Crippen LogP contribution in [0.4, 0.5) is 4.39 Å². The maximum atomic E-state index is 14.0. The number of hydrogen-bond acceptors (Lipinski definition) is 5. The molecule has 2 saturated heterocycles. The number of carbonyl (C=O) groups excluding carboxylic acids is 3. The molecule has 0 radical (unpaired) electrons. The first kappa shape index (κ1) is 31.4. The molecule has 228 valence electrons. The summed E-state index contributed by atoms with van der Waals surface area (Å²) in [7, 11) is 0. The Morgan fingerprint density at radius 3 is 2.24 bits per heavy atom. The number of nitrogens with one attached hydrogen (secondary N) is 4. The van der Waals surface area contributed by atoms with Crippen LogP contribution < -0.4 is 21.3 Å². The molecule has 9 heteroatoms. The van der Waals surface area contributed by atoms with E-state index < -0.39 is 17.5 Å². The highest BCUT2D eigenvalue weighted by Crippen LogP contribution is 2.46. The van der Waals surface area contributed by atoms with Gasteiger partial charge in [0, 0.05) is 44.2 Å². The van der Waals surface area contributed by atoms with Crippen LogP contribution in [0.5, 0.6) is 0 Å². The lowest BCUT2D eigenvalue weighted by molar-refractivity contribution is -0.147. The van der Waals surface area contributed by atoms with Gasteiger partial charge in [0.2, 0.25) is 17.7 Å². The van der Waals surface area contributed by atoms with Crippen molar-refractivity contribution in [2.45, 2.75) is 109 Å². The summed E-state index contributed by atoms with van der Waals surface area (Å²) in [5.74, 6) is -0.270. The molecule has 3 fully saturated rings. The summed E-state index contributed by atoms with van der Waals surface area (Å²) >= 11 is 0. The Morgan fingerprint density at radius 1 is 1.02 bits per heavy atom. The molecule has 3 amide bonds. The first-order valence-electron chi connectivity index (χ1n) is 15.6. The number of piperazine rings is 1. The summed E-state index contributed by atoms with van der Waals surface area (Å²) in [4.78, 5) is 42.8. The molecule has 4 rings (SSSR count). The quantitative estimate of drug-likeness (QED) is 0.384. The molecule has 2 heterocycles. The van der Waals surface area contributed by atoms with Crippen LogP contribution >= 0.6 is 0 Å². The molecule has 1 aromatic rings. The van der Waals surface area contributed by atoms with Crippen LogP contribution in [0.1, 0.15) is 84.6 Å². The van der Waals surface area contributed by atoms with Crippen LogP contribution in [0.2, 0.25) is 0 Å². The molecule has 41 heavy (non-hydrogen) atoms. The van der Waals surface area contributed by atoms with E-state index in [1.807, 2.05) is 25.7 Å². The van der Waals surface area contributed by atoms with Crippen LogP contribution in [-0.4, -0.2) is 72.5 Å². The van der Waals surface area contributed by atoms with Crippen molar-refractivity contribution in [1.29, 1.82) is 0 Å². The number of hydrogen-bond donors (Lipinski definition) is 4. The highest BCUT2D eigenvalue weighted by Gasteiger charge is 2.49. The molecule has 4 N–H and O–H groups in total. The van der Waals surface area contributed by atoms with Crippen molar-refractivity contribution in [3.63, 3.8) is 0 Å². The van der Waals surface area contributed by atoms with Gasteiger partial charge in [-0.2, -0.15) is 0 Å². The number of amides is 3. The predicted octanol–water partition coefficient (Wildman–Crippen LogP) is 3.30. The summed E-state index contributed by atoms with van der Waals surface area (Å²) in [6, 6.07) is 5.20. The van der Waals surface area contributed by atoms with Crippen molar-refractivity contribution >= 4 is 17.7 Å². The van der Waals surface area contributed by atoms with Gasteiger partial charge >= 0.3 is 0 Å². The molecule has 0 unspecified atom stereocenters. The smallest absolute Gasteiger partial charge is 0.245 e. The third kappa shape index (κ3) is 8.07. The van der Waals surface area contributed by atoms with Gasteiger partial charge in [-0.05, 0) is 76.5 Å². The lowest BCUT2D eigenvalue weighted by Gasteiger charge is -2.48. The van der Waals surface area contributed by atoms with E-state index in [0.29, 0.717) is 51.0 Å². The summed E-state index contributed by atoms with van der Waals surface area (Å²) in [6.07, 6.45) is 8.10. The van der Waals surface area contributed by atoms with Crippen LogP contribution in [0.15, 0.2) is 24.3 Å². The minimum Gasteiger partial charge on any atom is -0.351 e. The van der Waals surface area contributed by atoms with Gasteiger partial charge in [0.15, 0.2) is 0 Å². The Labute approximate surface area is 245 Å². The van der Waals surface area contributed by atoms with E-state index in [9.17, 15) is 18.8 Å². The van der Waals surface area contributed by atoms with E-state index in [0.717, 1.165) is 37.7 Å². The Hall–Kier alpha value is -2.52. The second kappa shape index (κ2) is 13.6. The molecule has 2 aliphatic heterocycles. The minimum atomic E-state index is -0.774. The average molecular weight is 572 g/mol. The van der Waals surface area contributed by atoms with Crippen LogP contribution in [0.3, 0.4) is 0 Å². The van der Waals surface area contributed by atoms with Gasteiger partial charge < -0.3 is 26.2 Å². The Bertz CT molecular complexity index is 1030. The number of likely N-dealkylation sites (tertiary alicyclic amines) is 1. The first-order chi connectivity index (χ1) is 19.5. The van der Waals surface area contributed by atoms with Crippen molar-refractivity contribution in [1.82, 2.24) is 26.2 Å². The van der Waals surface area contributed by atoms with Crippen LogP contribution in [0.25, 0.3) is 0 Å². The van der Waals surface area contributed by atoms with Crippen LogP contribution in [0, 0.1) is 17.2 Å². The topological polar surface area (TPSA) is 103 Å². The van der Waals surface area contributed by atoms with Crippen molar-refractivity contribution in [3.8, 4) is 0 Å². The molecular weight excluding hydrogens is 521 g/mol. The number of piperidine rings is 1. The molecular formula is C32H50FN5O3. The van der Waals surface area contributed by atoms with Gasteiger partial charge in [-0.25, -0.2) is 4.39 Å². The second-order valence-corrected chi connectivity index (χ2v) is 13.4. The van der Waals surface area contributed by atoms with Gasteiger partial charge in [-0.15, -0.1) is 0 Å². The fourth-order valence-electron chi connectivity index (χ4n) is 6.80. The highest BCUT2D eigenvalue weighted by atomic mass is 19.1. The summed E-state index contributed by atoms with van der Waals surface area (Å²) in [6.45, 7) is 10.3. The molecule has 0 spiro atoms. The van der Waals surface area contributed by atoms with Crippen molar-refractivity contribution < 1.29 is 18.8 Å². The maximum Gasteiger partial charge on any atom is 0.245 e. The van der Waals surface area contributed by atoms with Gasteiger partial charge in [0.1, 0.15) is 11.9 Å². The predicted molar refractivity (Wildman–Crippen MR) is 159 cm³/mol. The zero-order chi connectivity index (χ0) is 29.6. The average Bonchev–Trinajstić information content (AvgIpc) is 2.97. The third-order valence-corrected chi connectivity index (χ3v) is 9.29. The van der Waals surface area contributed by atoms with E-state index in [4.69, 9.17) is 0 Å². The van der Waals surface area contributed by atoms with E-state index in [2.05, 4.69) is 28.2 Å². The van der Waals surface area contributed by atoms with Crippen molar-refractivity contribution in [2.75, 3.05) is 26.2 Å². The number of carbonyl (C=O) groups is 3. The largest absolute Gasteiger partial charge is 0.351 e. The standard InChI is InChI=1S/C32H50FN5O3/c1-5-25-20-35-27(21-34-25)28(39)36-26(19-22-11-13-24(33)14-12-22)29(40)38-17-15-32(16-18-38,23-9-7-6-8-10-23)30(41)37-31(2,3)4/h11-14,23,25-27,34-35H,5-10,15-21H2,1-4H3,(H,36,39)(H,37,41)/t25-,26-,27+/m1/s1. The fourth-order valence-corrected chi connectivity index (χ4v) is 6.80. The third-order valence-electron chi connectivity index (χ3n) is 9.29. The Balaban J connectivity index is 1.48. The fraction of sp³-hybridized carbons (Fsp3) is 0.719. The molecule has 8 nitrogen and oxygen atoms in total. The number of halogens is 1. The summed E-state index contributed by atoms with van der Waals surface area (Å²) in [5, 5.41) is 13.0. The van der Waals surface area contributed by atoms with Gasteiger partial charge in [0.05, 0.1) is 11.5 Å². The molecule has 0 aromatic heterocycles. The van der Waals surface area contributed by atoms with E-state index in [1.165, 1.54) is 18.6 Å². The van der Waals surface area contributed by atoms with Crippen molar-refractivity contribution in [2.24, 2.45) is 11.3 Å². The Morgan fingerprint density at radius 2 is 1.68 bits per heavy atom. The lowest BCUT2D eigenvalue weighted by atomic mass is 9.63.